The number of furan rings is 1. The second kappa shape index (κ2) is 7.21. The molecule has 0 radical (unpaired) electrons. The quantitative estimate of drug-likeness (QED) is 0.820. The predicted molar refractivity (Wildman–Crippen MR) is 87.2 cm³/mol. The highest BCUT2D eigenvalue weighted by molar-refractivity contribution is 7.98. The van der Waals surface area contributed by atoms with E-state index in [9.17, 15) is 0 Å². The van der Waals surface area contributed by atoms with E-state index in [1.54, 1.807) is 0 Å². The Morgan fingerprint density at radius 1 is 1.20 bits per heavy atom. The van der Waals surface area contributed by atoms with Gasteiger partial charge in [0.25, 0.3) is 0 Å². The molecule has 108 valence electrons. The lowest BCUT2D eigenvalue weighted by atomic mass is 10.1. The van der Waals surface area contributed by atoms with Crippen molar-refractivity contribution in [3.05, 3.63) is 58.5 Å². The van der Waals surface area contributed by atoms with Gasteiger partial charge < -0.3 is 10.2 Å². The Bertz CT molecular complexity index is 538. The molecule has 0 fully saturated rings. The fourth-order valence-electron chi connectivity index (χ4n) is 2.00. The van der Waals surface area contributed by atoms with Crippen molar-refractivity contribution in [3.8, 4) is 0 Å². The summed E-state index contributed by atoms with van der Waals surface area (Å²) in [4.78, 5) is 0. The second-order valence-corrected chi connectivity index (χ2v) is 6.44. The van der Waals surface area contributed by atoms with Gasteiger partial charge in [-0.25, -0.2) is 0 Å². The van der Waals surface area contributed by atoms with E-state index in [0.717, 1.165) is 28.7 Å². The van der Waals surface area contributed by atoms with Crippen molar-refractivity contribution in [1.29, 1.82) is 0 Å². The third-order valence-electron chi connectivity index (χ3n) is 3.24. The van der Waals surface area contributed by atoms with Crippen molar-refractivity contribution in [3.63, 3.8) is 0 Å². The molecular weight excluding hydrogens is 290 g/mol. The highest BCUT2D eigenvalue weighted by Crippen LogP contribution is 2.35. The third kappa shape index (κ3) is 4.05. The minimum Gasteiger partial charge on any atom is -0.465 e. The lowest BCUT2D eigenvalue weighted by Crippen LogP contribution is -2.25. The Kier molecular flexibility index (Phi) is 5.58. The SMILES string of the molecule is CCC(N)C(SCc1ccc(Cl)cc1)c1ccc(C)o1. The second-order valence-electron chi connectivity index (χ2n) is 4.88. The van der Waals surface area contributed by atoms with Crippen molar-refractivity contribution in [2.24, 2.45) is 5.73 Å². The molecule has 20 heavy (non-hydrogen) atoms. The van der Waals surface area contributed by atoms with Crippen molar-refractivity contribution < 1.29 is 4.42 Å². The van der Waals surface area contributed by atoms with Crippen LogP contribution in [0.25, 0.3) is 0 Å². The molecule has 0 aliphatic carbocycles. The number of rotatable bonds is 6. The summed E-state index contributed by atoms with van der Waals surface area (Å²) in [7, 11) is 0. The largest absolute Gasteiger partial charge is 0.465 e. The molecule has 1 aromatic carbocycles. The lowest BCUT2D eigenvalue weighted by Gasteiger charge is -2.20. The minimum absolute atomic E-state index is 0.0952. The van der Waals surface area contributed by atoms with Gasteiger partial charge in [0.15, 0.2) is 0 Å². The summed E-state index contributed by atoms with van der Waals surface area (Å²) in [5.41, 5.74) is 7.49. The average molecular weight is 310 g/mol. The molecule has 0 aliphatic heterocycles. The molecule has 1 heterocycles. The number of benzene rings is 1. The molecule has 4 heteroatoms. The predicted octanol–water partition coefficient (Wildman–Crippen LogP) is 4.95. The van der Waals surface area contributed by atoms with Crippen LogP contribution < -0.4 is 5.73 Å². The number of aryl methyl sites for hydroxylation is 1. The number of nitrogens with two attached hydrogens (primary N) is 1. The zero-order valence-corrected chi connectivity index (χ0v) is 13.4. The van der Waals surface area contributed by atoms with Crippen LogP contribution in [-0.4, -0.2) is 6.04 Å². The molecule has 0 bridgehead atoms. The first-order chi connectivity index (χ1) is 9.60. The van der Waals surface area contributed by atoms with Gasteiger partial charge in [0.1, 0.15) is 11.5 Å². The molecule has 2 unspecified atom stereocenters. The van der Waals surface area contributed by atoms with Gasteiger partial charge in [-0.3, -0.25) is 0 Å². The van der Waals surface area contributed by atoms with Crippen LogP contribution in [0.5, 0.6) is 0 Å². The van der Waals surface area contributed by atoms with E-state index < -0.39 is 0 Å². The Hall–Kier alpha value is -0.900. The van der Waals surface area contributed by atoms with Gasteiger partial charge in [-0.15, -0.1) is 11.8 Å². The molecule has 0 amide bonds. The molecular formula is C16H20ClNOS. The summed E-state index contributed by atoms with van der Waals surface area (Å²) in [6.45, 7) is 4.07. The molecule has 2 N–H and O–H groups in total. The number of hydrogen-bond donors (Lipinski definition) is 1. The summed E-state index contributed by atoms with van der Waals surface area (Å²) in [6, 6.07) is 12.1. The van der Waals surface area contributed by atoms with Crippen LogP contribution in [0.2, 0.25) is 5.02 Å². The number of hydrogen-bond acceptors (Lipinski definition) is 3. The Morgan fingerprint density at radius 2 is 1.90 bits per heavy atom. The van der Waals surface area contributed by atoms with Crippen LogP contribution in [-0.2, 0) is 5.75 Å². The van der Waals surface area contributed by atoms with E-state index in [0.29, 0.717) is 0 Å². The lowest BCUT2D eigenvalue weighted by molar-refractivity contribution is 0.454. The monoisotopic (exact) mass is 309 g/mol. The van der Waals surface area contributed by atoms with Gasteiger partial charge in [-0.1, -0.05) is 30.7 Å². The summed E-state index contributed by atoms with van der Waals surface area (Å²) in [6.07, 6.45) is 0.929. The first kappa shape index (κ1) is 15.5. The van der Waals surface area contributed by atoms with Gasteiger partial charge in [0, 0.05) is 16.8 Å². The van der Waals surface area contributed by atoms with Crippen molar-refractivity contribution in [1.82, 2.24) is 0 Å². The van der Waals surface area contributed by atoms with Gasteiger partial charge in [0.05, 0.1) is 5.25 Å². The Labute approximate surface area is 129 Å². The Morgan fingerprint density at radius 3 is 2.45 bits per heavy atom. The van der Waals surface area contributed by atoms with Crippen molar-refractivity contribution >= 4 is 23.4 Å². The average Bonchev–Trinajstić information content (AvgIpc) is 2.87. The molecule has 2 nitrogen and oxygen atoms in total. The molecule has 2 atom stereocenters. The molecule has 0 aliphatic rings. The fourth-order valence-corrected chi connectivity index (χ4v) is 3.42. The van der Waals surface area contributed by atoms with E-state index in [1.165, 1.54) is 5.56 Å². The van der Waals surface area contributed by atoms with Crippen LogP contribution in [0, 0.1) is 6.92 Å². The molecule has 0 spiro atoms. The van der Waals surface area contributed by atoms with E-state index >= 15 is 0 Å². The van der Waals surface area contributed by atoms with Crippen LogP contribution in [0.15, 0.2) is 40.8 Å². The normalized spacial score (nSPS) is 14.2. The Balaban J connectivity index is 2.06. The highest BCUT2D eigenvalue weighted by Gasteiger charge is 2.22. The summed E-state index contributed by atoms with van der Waals surface area (Å²) in [5.74, 6) is 2.80. The smallest absolute Gasteiger partial charge is 0.118 e. The van der Waals surface area contributed by atoms with Crippen molar-refractivity contribution in [2.45, 2.75) is 37.3 Å². The summed E-state index contributed by atoms with van der Waals surface area (Å²) >= 11 is 7.72. The fraction of sp³-hybridized carbons (Fsp3) is 0.375. The van der Waals surface area contributed by atoms with E-state index in [1.807, 2.05) is 43.0 Å². The third-order valence-corrected chi connectivity index (χ3v) is 4.94. The topological polar surface area (TPSA) is 39.2 Å². The van der Waals surface area contributed by atoms with Crippen LogP contribution in [0.3, 0.4) is 0 Å². The van der Waals surface area contributed by atoms with Gasteiger partial charge in [-0.05, 0) is 43.2 Å². The molecule has 2 aromatic rings. The maximum atomic E-state index is 6.24. The van der Waals surface area contributed by atoms with E-state index in [-0.39, 0.29) is 11.3 Å². The maximum absolute atomic E-state index is 6.24. The van der Waals surface area contributed by atoms with Crippen LogP contribution >= 0.6 is 23.4 Å². The maximum Gasteiger partial charge on any atom is 0.118 e. The minimum atomic E-state index is 0.0952. The van der Waals surface area contributed by atoms with Gasteiger partial charge in [-0.2, -0.15) is 0 Å². The molecule has 2 rings (SSSR count). The molecule has 0 saturated carbocycles. The van der Waals surface area contributed by atoms with Crippen molar-refractivity contribution in [2.75, 3.05) is 0 Å². The first-order valence-corrected chi connectivity index (χ1v) is 8.20. The number of halogens is 1. The summed E-state index contributed by atoms with van der Waals surface area (Å²) in [5, 5.41) is 0.951. The van der Waals surface area contributed by atoms with E-state index in [2.05, 4.69) is 19.1 Å². The molecule has 0 saturated heterocycles. The zero-order valence-electron chi connectivity index (χ0n) is 11.8. The molecule has 1 aromatic heterocycles. The van der Waals surface area contributed by atoms with Crippen LogP contribution in [0.4, 0.5) is 0 Å². The van der Waals surface area contributed by atoms with E-state index in [4.69, 9.17) is 21.8 Å². The first-order valence-electron chi connectivity index (χ1n) is 6.78. The highest BCUT2D eigenvalue weighted by atomic mass is 35.5. The standard InChI is InChI=1S/C16H20ClNOS/c1-3-14(18)16(15-9-4-11(2)19-15)20-10-12-5-7-13(17)8-6-12/h4-9,14,16H,3,10,18H2,1-2H3. The van der Waals surface area contributed by atoms with Gasteiger partial charge >= 0.3 is 0 Å². The summed E-state index contributed by atoms with van der Waals surface area (Å²) < 4.78 is 5.75. The zero-order chi connectivity index (χ0) is 14.5. The van der Waals surface area contributed by atoms with Crippen LogP contribution in [0.1, 0.15) is 35.7 Å². The van der Waals surface area contributed by atoms with Gasteiger partial charge in [0.2, 0.25) is 0 Å². The number of thioether (sulfide) groups is 1.